The Morgan fingerprint density at radius 3 is 2.71 bits per heavy atom. The Labute approximate surface area is 128 Å². The van der Waals surface area contributed by atoms with Crippen LogP contribution in [0.4, 0.5) is 5.69 Å². The van der Waals surface area contributed by atoms with Gasteiger partial charge in [-0.25, -0.2) is 12.7 Å². The summed E-state index contributed by atoms with van der Waals surface area (Å²) in [6, 6.07) is 7.12. The van der Waals surface area contributed by atoms with Crippen molar-refractivity contribution < 1.29 is 8.42 Å². The third-order valence-corrected chi connectivity index (χ3v) is 5.82. The number of rotatable bonds is 5. The zero-order valence-corrected chi connectivity index (χ0v) is 13.9. The monoisotopic (exact) mass is 311 g/mol. The highest BCUT2D eigenvalue weighted by molar-refractivity contribution is 7.89. The van der Waals surface area contributed by atoms with Crippen molar-refractivity contribution in [3.8, 4) is 0 Å². The molecule has 21 heavy (non-hydrogen) atoms. The SMILES string of the molecule is CN1CCCC(CNc2ccccc2S(=O)(=O)N(C)C)C1. The topological polar surface area (TPSA) is 52.7 Å². The number of anilines is 1. The molecule has 2 rings (SSSR count). The normalized spacial score (nSPS) is 20.7. The summed E-state index contributed by atoms with van der Waals surface area (Å²) in [5, 5.41) is 3.33. The zero-order valence-electron chi connectivity index (χ0n) is 13.0. The van der Waals surface area contributed by atoms with E-state index in [-0.39, 0.29) is 0 Å². The molecule has 0 radical (unpaired) electrons. The van der Waals surface area contributed by atoms with Crippen LogP contribution in [0.1, 0.15) is 12.8 Å². The lowest BCUT2D eigenvalue weighted by molar-refractivity contribution is 0.217. The first-order chi connectivity index (χ1) is 9.91. The number of nitrogens with one attached hydrogen (secondary N) is 1. The smallest absolute Gasteiger partial charge is 0.244 e. The van der Waals surface area contributed by atoms with E-state index < -0.39 is 10.0 Å². The predicted molar refractivity (Wildman–Crippen MR) is 86.0 cm³/mol. The molecule has 1 fully saturated rings. The molecule has 1 atom stereocenters. The number of hydrogen-bond acceptors (Lipinski definition) is 4. The molecule has 1 aromatic carbocycles. The van der Waals surface area contributed by atoms with Crippen LogP contribution >= 0.6 is 0 Å². The minimum atomic E-state index is -3.41. The summed E-state index contributed by atoms with van der Waals surface area (Å²) in [6.07, 6.45) is 2.40. The van der Waals surface area contributed by atoms with Gasteiger partial charge in [0.05, 0.1) is 5.69 Å². The van der Waals surface area contributed by atoms with Crippen molar-refractivity contribution in [1.29, 1.82) is 0 Å². The van der Waals surface area contributed by atoms with E-state index in [1.165, 1.54) is 17.1 Å². The summed E-state index contributed by atoms with van der Waals surface area (Å²) >= 11 is 0. The van der Waals surface area contributed by atoms with E-state index in [4.69, 9.17) is 0 Å². The van der Waals surface area contributed by atoms with Crippen LogP contribution in [-0.4, -0.2) is 58.4 Å². The van der Waals surface area contributed by atoms with Gasteiger partial charge in [0.1, 0.15) is 4.90 Å². The van der Waals surface area contributed by atoms with Crippen molar-refractivity contribution in [3.05, 3.63) is 24.3 Å². The molecule has 118 valence electrons. The van der Waals surface area contributed by atoms with Crippen molar-refractivity contribution in [3.63, 3.8) is 0 Å². The van der Waals surface area contributed by atoms with Gasteiger partial charge in [0.15, 0.2) is 0 Å². The van der Waals surface area contributed by atoms with Crippen LogP contribution in [0, 0.1) is 5.92 Å². The second-order valence-corrected chi connectivity index (χ2v) is 8.06. The Balaban J connectivity index is 2.10. The Kier molecular flexibility index (Phi) is 5.24. The summed E-state index contributed by atoms with van der Waals surface area (Å²) in [7, 11) is 1.84. The number of likely N-dealkylation sites (tertiary alicyclic amines) is 1. The number of piperidine rings is 1. The fourth-order valence-electron chi connectivity index (χ4n) is 2.73. The molecular weight excluding hydrogens is 286 g/mol. The molecule has 0 spiro atoms. The van der Waals surface area contributed by atoms with Gasteiger partial charge in [0, 0.05) is 27.2 Å². The molecule has 1 saturated heterocycles. The zero-order chi connectivity index (χ0) is 15.5. The Bertz CT molecular complexity index is 572. The largest absolute Gasteiger partial charge is 0.384 e. The van der Waals surface area contributed by atoms with E-state index in [9.17, 15) is 8.42 Å². The third kappa shape index (κ3) is 3.96. The first kappa shape index (κ1) is 16.3. The van der Waals surface area contributed by atoms with Gasteiger partial charge in [-0.05, 0) is 44.5 Å². The Hall–Kier alpha value is -1.11. The Morgan fingerprint density at radius 1 is 1.33 bits per heavy atom. The van der Waals surface area contributed by atoms with Crippen LogP contribution in [0.15, 0.2) is 29.2 Å². The lowest BCUT2D eigenvalue weighted by Crippen LogP contribution is -2.35. The molecule has 5 nitrogen and oxygen atoms in total. The maximum Gasteiger partial charge on any atom is 0.244 e. The molecule has 1 N–H and O–H groups in total. The van der Waals surface area contributed by atoms with Crippen molar-refractivity contribution >= 4 is 15.7 Å². The number of nitrogens with zero attached hydrogens (tertiary/aromatic N) is 2. The summed E-state index contributed by atoms with van der Waals surface area (Å²) in [5.41, 5.74) is 0.694. The van der Waals surface area contributed by atoms with E-state index in [0.717, 1.165) is 19.6 Å². The summed E-state index contributed by atoms with van der Waals surface area (Å²) in [6.45, 7) is 3.03. The predicted octanol–water partition coefficient (Wildman–Crippen LogP) is 1.69. The second kappa shape index (κ2) is 6.77. The van der Waals surface area contributed by atoms with Crippen LogP contribution in [0.25, 0.3) is 0 Å². The number of para-hydroxylation sites is 1. The molecule has 0 saturated carbocycles. The van der Waals surface area contributed by atoms with E-state index in [1.807, 2.05) is 12.1 Å². The average Bonchev–Trinajstić information content (AvgIpc) is 2.45. The molecule has 1 aliphatic heterocycles. The van der Waals surface area contributed by atoms with Crippen LogP contribution in [0.2, 0.25) is 0 Å². The van der Waals surface area contributed by atoms with Gasteiger partial charge < -0.3 is 10.2 Å². The van der Waals surface area contributed by atoms with E-state index in [2.05, 4.69) is 17.3 Å². The van der Waals surface area contributed by atoms with Crippen molar-refractivity contribution in [2.24, 2.45) is 5.92 Å². The summed E-state index contributed by atoms with van der Waals surface area (Å²) in [4.78, 5) is 2.68. The molecule has 0 aliphatic carbocycles. The number of hydrogen-bond donors (Lipinski definition) is 1. The first-order valence-corrected chi connectivity index (χ1v) is 8.79. The standard InChI is InChI=1S/C15H25N3O2S/c1-17(2)21(19,20)15-9-5-4-8-14(15)16-11-13-7-6-10-18(3)12-13/h4-5,8-9,13,16H,6-7,10-12H2,1-3H3. The minimum Gasteiger partial charge on any atom is -0.384 e. The highest BCUT2D eigenvalue weighted by Crippen LogP contribution is 2.24. The van der Waals surface area contributed by atoms with Crippen LogP contribution in [0.5, 0.6) is 0 Å². The number of sulfonamides is 1. The van der Waals surface area contributed by atoms with Crippen LogP contribution in [-0.2, 0) is 10.0 Å². The second-order valence-electron chi connectivity index (χ2n) is 5.93. The quantitative estimate of drug-likeness (QED) is 0.899. The van der Waals surface area contributed by atoms with Gasteiger partial charge in [-0.1, -0.05) is 12.1 Å². The molecule has 0 amide bonds. The maximum atomic E-state index is 12.3. The summed E-state index contributed by atoms with van der Waals surface area (Å²) < 4.78 is 25.9. The van der Waals surface area contributed by atoms with Gasteiger partial charge >= 0.3 is 0 Å². The molecule has 1 aromatic rings. The van der Waals surface area contributed by atoms with Gasteiger partial charge in [0.2, 0.25) is 10.0 Å². The van der Waals surface area contributed by atoms with Crippen molar-refractivity contribution in [1.82, 2.24) is 9.21 Å². The first-order valence-electron chi connectivity index (χ1n) is 7.35. The molecule has 1 heterocycles. The van der Waals surface area contributed by atoms with E-state index in [1.54, 1.807) is 26.2 Å². The fourth-order valence-corrected chi connectivity index (χ4v) is 3.79. The van der Waals surface area contributed by atoms with Crippen LogP contribution in [0.3, 0.4) is 0 Å². The average molecular weight is 311 g/mol. The van der Waals surface area contributed by atoms with Crippen LogP contribution < -0.4 is 5.32 Å². The number of benzene rings is 1. The van der Waals surface area contributed by atoms with Crippen molar-refractivity contribution in [2.45, 2.75) is 17.7 Å². The molecule has 1 aliphatic rings. The molecular formula is C15H25N3O2S. The Morgan fingerprint density at radius 2 is 2.05 bits per heavy atom. The lowest BCUT2D eigenvalue weighted by atomic mass is 9.98. The fraction of sp³-hybridized carbons (Fsp3) is 0.600. The van der Waals surface area contributed by atoms with Gasteiger partial charge in [-0.15, -0.1) is 0 Å². The maximum absolute atomic E-state index is 12.3. The van der Waals surface area contributed by atoms with Gasteiger partial charge in [0.25, 0.3) is 0 Å². The summed E-state index contributed by atoms with van der Waals surface area (Å²) in [5.74, 6) is 0.568. The van der Waals surface area contributed by atoms with E-state index in [0.29, 0.717) is 16.5 Å². The molecule has 0 aromatic heterocycles. The van der Waals surface area contributed by atoms with Gasteiger partial charge in [-0.2, -0.15) is 0 Å². The minimum absolute atomic E-state index is 0.346. The van der Waals surface area contributed by atoms with Gasteiger partial charge in [-0.3, -0.25) is 0 Å². The third-order valence-electron chi connectivity index (χ3n) is 3.95. The lowest BCUT2D eigenvalue weighted by Gasteiger charge is -2.30. The molecule has 0 bridgehead atoms. The van der Waals surface area contributed by atoms with Crippen molar-refractivity contribution in [2.75, 3.05) is 46.1 Å². The molecule has 6 heteroatoms. The highest BCUT2D eigenvalue weighted by atomic mass is 32.2. The molecule has 1 unspecified atom stereocenters. The van der Waals surface area contributed by atoms with E-state index >= 15 is 0 Å². The highest BCUT2D eigenvalue weighted by Gasteiger charge is 2.22.